The summed E-state index contributed by atoms with van der Waals surface area (Å²) in [6.07, 6.45) is 5.90. The Kier molecular flexibility index (Phi) is 2.81. The largest absolute Gasteiger partial charge is 0.150 e. The summed E-state index contributed by atoms with van der Waals surface area (Å²) < 4.78 is 0. The molecular formula is C9H15NO. The maximum atomic E-state index is 10.3. The second kappa shape index (κ2) is 3.04. The predicted octanol–water partition coefficient (Wildman–Crippen LogP) is 2.58. The van der Waals surface area contributed by atoms with Crippen LogP contribution in [0.3, 0.4) is 0 Å². The fourth-order valence-corrected chi connectivity index (χ4v) is 1.16. The van der Waals surface area contributed by atoms with E-state index in [1.807, 2.05) is 13.8 Å². The van der Waals surface area contributed by atoms with Gasteiger partial charge in [0, 0.05) is 5.41 Å². The highest BCUT2D eigenvalue weighted by Gasteiger charge is 2.27. The Balaban J connectivity index is 4.27. The summed E-state index contributed by atoms with van der Waals surface area (Å²) in [5.41, 5.74) is -0.784. The highest BCUT2D eigenvalue weighted by atomic mass is 16.3. The average Bonchev–Trinajstić information content (AvgIpc) is 1.86. The zero-order chi connectivity index (χ0) is 9.12. The molecule has 0 rings (SSSR count). The molecule has 0 saturated heterocycles. The number of nitrogens with zero attached hydrogens (tertiary/aromatic N) is 1. The molecule has 0 bridgehead atoms. The van der Waals surface area contributed by atoms with Gasteiger partial charge in [0.2, 0.25) is 0 Å². The molecule has 0 aromatic carbocycles. The molecular weight excluding hydrogens is 138 g/mol. The van der Waals surface area contributed by atoms with Gasteiger partial charge in [-0.3, -0.25) is 0 Å². The molecule has 2 nitrogen and oxygen atoms in total. The zero-order valence-corrected chi connectivity index (χ0v) is 7.64. The minimum absolute atomic E-state index is 0.239. The van der Waals surface area contributed by atoms with Crippen LogP contribution in [0.25, 0.3) is 0 Å². The molecule has 0 radical (unpaired) electrons. The van der Waals surface area contributed by atoms with Gasteiger partial charge in [0.15, 0.2) is 0 Å². The molecule has 0 aromatic heterocycles. The van der Waals surface area contributed by atoms with E-state index in [-0.39, 0.29) is 5.41 Å². The van der Waals surface area contributed by atoms with Crippen LogP contribution in [0.4, 0.5) is 0 Å². The quantitative estimate of drug-likeness (QED) is 0.452. The summed E-state index contributed by atoms with van der Waals surface area (Å²) >= 11 is 0. The van der Waals surface area contributed by atoms with Crippen molar-refractivity contribution >= 4 is 0 Å². The molecule has 0 amide bonds. The molecule has 0 aromatic rings. The smallest absolute Gasteiger partial charge is 0.0985 e. The second-order valence-electron chi connectivity index (χ2n) is 4.11. The van der Waals surface area contributed by atoms with Gasteiger partial charge in [-0.25, -0.2) is 0 Å². The summed E-state index contributed by atoms with van der Waals surface area (Å²) in [5, 5.41) is 3.01. The summed E-state index contributed by atoms with van der Waals surface area (Å²) in [6.45, 7) is 7.44. The molecule has 0 aliphatic heterocycles. The van der Waals surface area contributed by atoms with E-state index in [1.54, 1.807) is 13.8 Å². The van der Waals surface area contributed by atoms with E-state index in [0.717, 1.165) is 0 Å². The Morgan fingerprint density at radius 2 is 1.82 bits per heavy atom. The first kappa shape index (κ1) is 10.2. The van der Waals surface area contributed by atoms with E-state index in [1.165, 1.54) is 0 Å². The molecule has 2 heteroatoms. The molecule has 0 heterocycles. The molecule has 0 aliphatic rings. The number of hydrogen-bond donors (Lipinski definition) is 0. The van der Waals surface area contributed by atoms with Gasteiger partial charge in [0.1, 0.15) is 0 Å². The fraction of sp³-hybridized carbons (Fsp3) is 0.778. The van der Waals surface area contributed by atoms with E-state index < -0.39 is 5.54 Å². The maximum absolute atomic E-state index is 10.3. The van der Waals surface area contributed by atoms with E-state index >= 15 is 0 Å². The lowest BCUT2D eigenvalue weighted by Gasteiger charge is -2.25. The Hall–Kier alpha value is -0.840. The van der Waals surface area contributed by atoms with Crippen molar-refractivity contribution in [2.45, 2.75) is 39.7 Å². The summed E-state index contributed by atoms with van der Waals surface area (Å²) in [6, 6.07) is 0. The lowest BCUT2D eigenvalue weighted by molar-refractivity contribution is 0.335. The van der Waals surface area contributed by atoms with Crippen LogP contribution >= 0.6 is 0 Å². The maximum Gasteiger partial charge on any atom is 0.0985 e. The van der Waals surface area contributed by atoms with Crippen molar-refractivity contribution in [3.05, 3.63) is 4.91 Å². The standard InChI is InChI=1S/C9H15NO/c1-6-8(2,3)7-9(4,5)10-11/h1H,7H2,2-5H3. The van der Waals surface area contributed by atoms with Crippen molar-refractivity contribution in [3.63, 3.8) is 0 Å². The molecule has 62 valence electrons. The van der Waals surface area contributed by atoms with Crippen LogP contribution in [0, 0.1) is 22.7 Å². The molecule has 0 spiro atoms. The predicted molar refractivity (Wildman–Crippen MR) is 47.1 cm³/mol. The van der Waals surface area contributed by atoms with Gasteiger partial charge < -0.3 is 0 Å². The van der Waals surface area contributed by atoms with Crippen LogP contribution < -0.4 is 0 Å². The van der Waals surface area contributed by atoms with Crippen molar-refractivity contribution in [1.29, 1.82) is 0 Å². The molecule has 0 fully saturated rings. The van der Waals surface area contributed by atoms with E-state index in [4.69, 9.17) is 6.42 Å². The van der Waals surface area contributed by atoms with Crippen molar-refractivity contribution in [1.82, 2.24) is 0 Å². The Bertz CT molecular complexity index is 186. The van der Waals surface area contributed by atoms with Crippen LogP contribution in [0.5, 0.6) is 0 Å². The van der Waals surface area contributed by atoms with Crippen molar-refractivity contribution < 1.29 is 0 Å². The fourth-order valence-electron chi connectivity index (χ4n) is 1.16. The van der Waals surface area contributed by atoms with Crippen LogP contribution in [0.1, 0.15) is 34.1 Å². The summed E-state index contributed by atoms with van der Waals surface area (Å²) in [4.78, 5) is 10.3. The Morgan fingerprint density at radius 1 is 1.36 bits per heavy atom. The van der Waals surface area contributed by atoms with Gasteiger partial charge >= 0.3 is 0 Å². The topological polar surface area (TPSA) is 29.4 Å². The van der Waals surface area contributed by atoms with Gasteiger partial charge in [0.05, 0.1) is 5.54 Å². The molecule has 0 saturated carbocycles. The minimum atomic E-state index is -0.546. The van der Waals surface area contributed by atoms with Crippen molar-refractivity contribution in [2.75, 3.05) is 0 Å². The first-order chi connectivity index (χ1) is 4.83. The third-order valence-electron chi connectivity index (χ3n) is 1.51. The number of rotatable bonds is 3. The van der Waals surface area contributed by atoms with E-state index in [0.29, 0.717) is 6.42 Å². The average molecular weight is 153 g/mol. The molecule has 0 unspecified atom stereocenters. The molecule has 0 aliphatic carbocycles. The molecule has 11 heavy (non-hydrogen) atoms. The number of nitroso groups, excluding NO2 is 1. The van der Waals surface area contributed by atoms with Crippen molar-refractivity contribution in [2.24, 2.45) is 10.6 Å². The first-order valence-corrected chi connectivity index (χ1v) is 3.65. The van der Waals surface area contributed by atoms with E-state index in [9.17, 15) is 4.91 Å². The van der Waals surface area contributed by atoms with Gasteiger partial charge in [-0.2, -0.15) is 4.91 Å². The van der Waals surface area contributed by atoms with Gasteiger partial charge in [-0.05, 0) is 34.1 Å². The highest BCUT2D eigenvalue weighted by Crippen LogP contribution is 2.28. The minimum Gasteiger partial charge on any atom is -0.150 e. The second-order valence-corrected chi connectivity index (χ2v) is 4.11. The highest BCUT2D eigenvalue weighted by molar-refractivity contribution is 5.03. The van der Waals surface area contributed by atoms with Gasteiger partial charge in [0.25, 0.3) is 0 Å². The summed E-state index contributed by atoms with van der Waals surface area (Å²) in [7, 11) is 0. The van der Waals surface area contributed by atoms with Crippen LogP contribution in [-0.4, -0.2) is 5.54 Å². The normalized spacial score (nSPS) is 12.3. The van der Waals surface area contributed by atoms with Gasteiger partial charge in [-0.15, -0.1) is 12.3 Å². The monoisotopic (exact) mass is 153 g/mol. The molecule has 0 atom stereocenters. The van der Waals surface area contributed by atoms with E-state index in [2.05, 4.69) is 11.1 Å². The SMILES string of the molecule is C#CC(C)(C)CC(C)(C)N=O. The van der Waals surface area contributed by atoms with Crippen molar-refractivity contribution in [3.8, 4) is 12.3 Å². The third-order valence-corrected chi connectivity index (χ3v) is 1.51. The van der Waals surface area contributed by atoms with Crippen LogP contribution in [0.15, 0.2) is 5.18 Å². The van der Waals surface area contributed by atoms with Crippen LogP contribution in [0.2, 0.25) is 0 Å². The Morgan fingerprint density at radius 3 is 2.09 bits per heavy atom. The lowest BCUT2D eigenvalue weighted by atomic mass is 9.81. The number of terminal acetylenes is 1. The lowest BCUT2D eigenvalue weighted by Crippen LogP contribution is -2.25. The zero-order valence-electron chi connectivity index (χ0n) is 7.64. The third kappa shape index (κ3) is 3.77. The first-order valence-electron chi connectivity index (χ1n) is 3.65. The summed E-state index contributed by atoms with van der Waals surface area (Å²) in [5.74, 6) is 2.63. The molecule has 0 N–H and O–H groups in total. The number of hydrogen-bond acceptors (Lipinski definition) is 2. The van der Waals surface area contributed by atoms with Crippen LogP contribution in [-0.2, 0) is 0 Å². The Labute approximate surface area is 68.4 Å². The van der Waals surface area contributed by atoms with Gasteiger partial charge in [-0.1, -0.05) is 5.18 Å².